The van der Waals surface area contributed by atoms with E-state index in [0.29, 0.717) is 5.56 Å². The summed E-state index contributed by atoms with van der Waals surface area (Å²) in [7, 11) is 0. The van der Waals surface area contributed by atoms with Crippen molar-refractivity contribution in [2.75, 3.05) is 0 Å². The monoisotopic (exact) mass is 384 g/mol. The first-order valence-corrected chi connectivity index (χ1v) is 10.6. The van der Waals surface area contributed by atoms with Gasteiger partial charge in [-0.25, -0.2) is 4.98 Å². The molecule has 0 amide bonds. The van der Waals surface area contributed by atoms with Crippen LogP contribution < -0.4 is 0 Å². The van der Waals surface area contributed by atoms with Crippen LogP contribution >= 0.6 is 0 Å². The number of aromatic nitrogens is 1. The zero-order valence-corrected chi connectivity index (χ0v) is 16.7. The highest BCUT2D eigenvalue weighted by Gasteiger charge is 2.15. The Balaban J connectivity index is 1.57. The predicted molar refractivity (Wildman–Crippen MR) is 124 cm³/mol. The molecule has 0 unspecified atom stereocenters. The van der Waals surface area contributed by atoms with Crippen molar-refractivity contribution in [1.82, 2.24) is 4.98 Å². The van der Waals surface area contributed by atoms with Crippen molar-refractivity contribution in [1.29, 1.82) is 5.26 Å². The van der Waals surface area contributed by atoms with Gasteiger partial charge in [0.05, 0.1) is 16.8 Å². The lowest BCUT2D eigenvalue weighted by Gasteiger charge is -2.19. The summed E-state index contributed by atoms with van der Waals surface area (Å²) in [5.74, 6) is 0. The van der Waals surface area contributed by atoms with E-state index in [4.69, 9.17) is 4.98 Å². The molecule has 6 rings (SSSR count). The van der Waals surface area contributed by atoms with Crippen LogP contribution in [0, 0.1) is 11.3 Å². The molecule has 0 saturated carbocycles. The molecule has 5 aromatic rings. The van der Waals surface area contributed by atoms with E-state index >= 15 is 0 Å². The number of nitriles is 1. The summed E-state index contributed by atoms with van der Waals surface area (Å²) in [6, 6.07) is 27.8. The van der Waals surface area contributed by atoms with Crippen LogP contribution in [0.1, 0.15) is 29.5 Å². The van der Waals surface area contributed by atoms with Crippen LogP contribution in [-0.2, 0) is 12.8 Å². The average Bonchev–Trinajstić information content (AvgIpc) is 2.82. The van der Waals surface area contributed by atoms with E-state index in [2.05, 4.69) is 48.5 Å². The average molecular weight is 384 g/mol. The Morgan fingerprint density at radius 1 is 0.733 bits per heavy atom. The summed E-state index contributed by atoms with van der Waals surface area (Å²) in [4.78, 5) is 4.82. The molecule has 0 bridgehead atoms. The Hall–Kier alpha value is -3.70. The van der Waals surface area contributed by atoms with Gasteiger partial charge in [0.2, 0.25) is 0 Å². The molecular weight excluding hydrogens is 364 g/mol. The van der Waals surface area contributed by atoms with Crippen LogP contribution in [0.3, 0.4) is 0 Å². The maximum Gasteiger partial charge on any atom is 0.101 e. The maximum absolute atomic E-state index is 9.72. The van der Waals surface area contributed by atoms with Crippen molar-refractivity contribution in [3.05, 3.63) is 89.5 Å². The third kappa shape index (κ3) is 2.60. The quantitative estimate of drug-likeness (QED) is 0.293. The number of fused-ring (bicyclic) bond motifs is 6. The van der Waals surface area contributed by atoms with Gasteiger partial charge in [-0.1, -0.05) is 54.6 Å². The molecule has 2 nitrogen and oxygen atoms in total. The Bertz CT molecular complexity index is 1510. The highest BCUT2D eigenvalue weighted by Crippen LogP contribution is 2.35. The third-order valence-electron chi connectivity index (χ3n) is 6.47. The fourth-order valence-electron chi connectivity index (χ4n) is 4.97. The highest BCUT2D eigenvalue weighted by atomic mass is 14.7. The van der Waals surface area contributed by atoms with Crippen LogP contribution in [0.25, 0.3) is 43.7 Å². The van der Waals surface area contributed by atoms with Crippen molar-refractivity contribution in [3.63, 3.8) is 0 Å². The smallest absolute Gasteiger partial charge is 0.101 e. The van der Waals surface area contributed by atoms with Crippen molar-refractivity contribution >= 4 is 32.4 Å². The Morgan fingerprint density at radius 3 is 2.50 bits per heavy atom. The van der Waals surface area contributed by atoms with E-state index in [-0.39, 0.29) is 0 Å². The van der Waals surface area contributed by atoms with Gasteiger partial charge in [0.1, 0.15) is 6.07 Å². The van der Waals surface area contributed by atoms with Gasteiger partial charge >= 0.3 is 0 Å². The lowest BCUT2D eigenvalue weighted by molar-refractivity contribution is 0.690. The van der Waals surface area contributed by atoms with Gasteiger partial charge in [-0.3, -0.25) is 0 Å². The van der Waals surface area contributed by atoms with E-state index in [0.717, 1.165) is 22.2 Å². The Labute approximate surface area is 175 Å². The van der Waals surface area contributed by atoms with E-state index in [1.165, 1.54) is 58.4 Å². The van der Waals surface area contributed by atoms with Crippen molar-refractivity contribution < 1.29 is 0 Å². The fraction of sp³-hybridized carbons (Fsp3) is 0.143. The minimum atomic E-state index is 0.614. The standard InChI is InChI=1S/C28H20N2/c29-17-22-16-20-6-2-4-8-27(20)30-28(22)21-11-12-24-19(15-21)10-14-25-23-7-3-1-5-18(23)9-13-26(24)25/h2,4,6,8-16H,1,3,5,7H2. The second-order valence-corrected chi connectivity index (χ2v) is 8.20. The number of aryl methyl sites for hydroxylation is 2. The number of pyridine rings is 1. The van der Waals surface area contributed by atoms with Crippen LogP contribution in [0.4, 0.5) is 0 Å². The summed E-state index contributed by atoms with van der Waals surface area (Å²) < 4.78 is 0. The first-order valence-electron chi connectivity index (χ1n) is 10.6. The van der Waals surface area contributed by atoms with Gasteiger partial charge in [0.25, 0.3) is 0 Å². The van der Waals surface area contributed by atoms with Crippen LogP contribution in [-0.4, -0.2) is 4.98 Å². The van der Waals surface area contributed by atoms with Gasteiger partial charge in [-0.05, 0) is 76.6 Å². The number of nitrogens with zero attached hydrogens (tertiary/aromatic N) is 2. The second-order valence-electron chi connectivity index (χ2n) is 8.20. The summed E-state index contributed by atoms with van der Waals surface area (Å²) in [5.41, 5.74) is 6.32. The molecule has 0 saturated heterocycles. The molecule has 4 aromatic carbocycles. The molecule has 2 heteroatoms. The van der Waals surface area contributed by atoms with Crippen LogP contribution in [0.5, 0.6) is 0 Å². The summed E-state index contributed by atoms with van der Waals surface area (Å²) in [6.07, 6.45) is 4.97. The van der Waals surface area contributed by atoms with Crippen molar-refractivity contribution in [2.24, 2.45) is 0 Å². The highest BCUT2D eigenvalue weighted by molar-refractivity contribution is 6.09. The molecule has 1 aliphatic rings. The molecule has 0 N–H and O–H groups in total. The zero-order chi connectivity index (χ0) is 20.1. The first kappa shape index (κ1) is 17.2. The molecule has 1 aromatic heterocycles. The molecule has 0 radical (unpaired) electrons. The number of benzene rings is 4. The maximum atomic E-state index is 9.72. The predicted octanol–water partition coefficient (Wildman–Crippen LogP) is 6.96. The zero-order valence-electron chi connectivity index (χ0n) is 16.7. The van der Waals surface area contributed by atoms with Gasteiger partial charge in [0, 0.05) is 10.9 Å². The number of para-hydroxylation sites is 1. The van der Waals surface area contributed by atoms with E-state index in [1.54, 1.807) is 0 Å². The van der Waals surface area contributed by atoms with Gasteiger partial charge in [-0.2, -0.15) is 5.26 Å². The van der Waals surface area contributed by atoms with Gasteiger partial charge < -0.3 is 0 Å². The van der Waals surface area contributed by atoms with Crippen LogP contribution in [0.2, 0.25) is 0 Å². The SMILES string of the molecule is N#Cc1cc2ccccc2nc1-c1ccc2c(ccc3c4c(ccc32)CCCC4)c1. The lowest BCUT2D eigenvalue weighted by Crippen LogP contribution is -2.03. The van der Waals surface area contributed by atoms with Crippen LogP contribution in [0.15, 0.2) is 72.8 Å². The first-order chi connectivity index (χ1) is 14.8. The Kier molecular flexibility index (Phi) is 3.82. The normalized spacial score (nSPS) is 13.4. The molecular formula is C28H20N2. The Morgan fingerprint density at radius 2 is 1.57 bits per heavy atom. The molecule has 0 atom stereocenters. The molecule has 0 spiro atoms. The number of rotatable bonds is 1. The largest absolute Gasteiger partial charge is 0.246 e. The van der Waals surface area contributed by atoms with Gasteiger partial charge in [-0.15, -0.1) is 0 Å². The van der Waals surface area contributed by atoms with E-state index < -0.39 is 0 Å². The molecule has 142 valence electrons. The number of hydrogen-bond acceptors (Lipinski definition) is 2. The third-order valence-corrected chi connectivity index (χ3v) is 6.47. The van der Waals surface area contributed by atoms with E-state index in [9.17, 15) is 5.26 Å². The minimum Gasteiger partial charge on any atom is -0.246 e. The second kappa shape index (κ2) is 6.68. The summed E-state index contributed by atoms with van der Waals surface area (Å²) in [6.45, 7) is 0. The minimum absolute atomic E-state index is 0.614. The van der Waals surface area contributed by atoms with E-state index in [1.807, 2.05) is 30.3 Å². The van der Waals surface area contributed by atoms with Crippen molar-refractivity contribution in [3.8, 4) is 17.3 Å². The molecule has 1 aliphatic carbocycles. The van der Waals surface area contributed by atoms with Crippen molar-refractivity contribution in [2.45, 2.75) is 25.7 Å². The summed E-state index contributed by atoms with van der Waals surface area (Å²) >= 11 is 0. The summed E-state index contributed by atoms with van der Waals surface area (Å²) in [5, 5.41) is 15.9. The molecule has 0 fully saturated rings. The molecule has 1 heterocycles. The lowest BCUT2D eigenvalue weighted by atomic mass is 9.86. The topological polar surface area (TPSA) is 36.7 Å². The fourth-order valence-corrected chi connectivity index (χ4v) is 4.97. The number of hydrogen-bond donors (Lipinski definition) is 0. The molecule has 30 heavy (non-hydrogen) atoms. The van der Waals surface area contributed by atoms with Gasteiger partial charge in [0.15, 0.2) is 0 Å². The molecule has 0 aliphatic heterocycles.